The molecule has 0 aliphatic carbocycles. The molecule has 43 heavy (non-hydrogen) atoms. The highest BCUT2D eigenvalue weighted by atomic mass is 35.5. The summed E-state index contributed by atoms with van der Waals surface area (Å²) < 4.78 is 21.3. The Balaban J connectivity index is 1.30. The monoisotopic (exact) mass is 616 g/mol. The summed E-state index contributed by atoms with van der Waals surface area (Å²) in [5.74, 6) is -0.344. The molecule has 1 aromatic heterocycles. The number of amides is 1. The summed E-state index contributed by atoms with van der Waals surface area (Å²) in [6, 6.07) is 23.2. The van der Waals surface area contributed by atoms with Crippen LogP contribution in [0.15, 0.2) is 85.1 Å². The van der Waals surface area contributed by atoms with E-state index in [-0.39, 0.29) is 38.9 Å². The van der Waals surface area contributed by atoms with Gasteiger partial charge in [0, 0.05) is 38.1 Å². The van der Waals surface area contributed by atoms with Crippen LogP contribution in [-0.2, 0) is 0 Å². The number of nitrogens with one attached hydrogen (secondary N) is 2. The van der Waals surface area contributed by atoms with Crippen molar-refractivity contribution in [3.8, 4) is 11.6 Å². The van der Waals surface area contributed by atoms with E-state index in [4.69, 9.17) is 27.9 Å². The van der Waals surface area contributed by atoms with Gasteiger partial charge in [-0.05, 0) is 60.3 Å². The summed E-state index contributed by atoms with van der Waals surface area (Å²) >= 11 is 12.5. The second-order valence-electron chi connectivity index (χ2n) is 10.2. The Kier molecular flexibility index (Phi) is 8.29. The fourth-order valence-corrected chi connectivity index (χ4v) is 5.31. The number of rotatable bonds is 7. The van der Waals surface area contributed by atoms with Crippen LogP contribution in [0, 0.1) is 5.82 Å². The maximum Gasteiger partial charge on any atom is 0.262 e. The minimum absolute atomic E-state index is 0.0111. The lowest BCUT2D eigenvalue weighted by atomic mass is 10.1. The number of nitrogens with zero attached hydrogens (tertiary/aromatic N) is 4. The molecule has 1 aliphatic heterocycles. The molecule has 1 aliphatic rings. The highest BCUT2D eigenvalue weighted by Crippen LogP contribution is 2.33. The first-order valence-corrected chi connectivity index (χ1v) is 14.4. The molecule has 11 heteroatoms. The fourth-order valence-electron chi connectivity index (χ4n) is 4.82. The van der Waals surface area contributed by atoms with E-state index in [2.05, 4.69) is 32.5 Å². The van der Waals surface area contributed by atoms with Crippen LogP contribution in [0.2, 0.25) is 10.0 Å². The third-order valence-electron chi connectivity index (χ3n) is 7.18. The smallest absolute Gasteiger partial charge is 0.262 e. The third kappa shape index (κ3) is 6.49. The van der Waals surface area contributed by atoms with Crippen molar-refractivity contribution < 1.29 is 13.9 Å². The van der Waals surface area contributed by atoms with E-state index < -0.39 is 5.91 Å². The van der Waals surface area contributed by atoms with E-state index in [1.54, 1.807) is 36.4 Å². The number of aromatic nitrogens is 2. The molecule has 0 unspecified atom stereocenters. The number of likely N-dealkylation sites (N-methyl/N-ethyl adjacent to an activating group) is 1. The lowest BCUT2D eigenvalue weighted by Gasteiger charge is -2.34. The van der Waals surface area contributed by atoms with Crippen LogP contribution >= 0.6 is 23.2 Å². The summed E-state index contributed by atoms with van der Waals surface area (Å²) in [6.45, 7) is 3.25. The fraction of sp³-hybridized carbons (Fsp3) is 0.156. The number of piperazine rings is 1. The van der Waals surface area contributed by atoms with Gasteiger partial charge >= 0.3 is 0 Å². The van der Waals surface area contributed by atoms with Crippen molar-refractivity contribution in [2.24, 2.45) is 0 Å². The van der Waals surface area contributed by atoms with Gasteiger partial charge in [0.2, 0.25) is 11.8 Å². The van der Waals surface area contributed by atoms with Crippen molar-refractivity contribution in [2.45, 2.75) is 0 Å². The Morgan fingerprint density at radius 1 is 0.907 bits per heavy atom. The molecular formula is C32H27Cl2FN6O2. The number of anilines is 4. The molecule has 0 radical (unpaired) electrons. The number of fused-ring (bicyclic) bond motifs is 1. The first-order valence-electron chi connectivity index (χ1n) is 13.6. The number of ether oxygens (including phenoxy) is 1. The molecule has 0 bridgehead atoms. The van der Waals surface area contributed by atoms with Crippen molar-refractivity contribution in [1.82, 2.24) is 14.9 Å². The molecule has 218 valence electrons. The summed E-state index contributed by atoms with van der Waals surface area (Å²) in [7, 11) is 2.06. The molecule has 2 N–H and O–H groups in total. The largest absolute Gasteiger partial charge is 0.438 e. The van der Waals surface area contributed by atoms with Crippen LogP contribution in [0.5, 0.6) is 11.6 Å². The average molecular weight is 618 g/mol. The zero-order chi connectivity index (χ0) is 29.9. The van der Waals surface area contributed by atoms with Gasteiger partial charge in [0.15, 0.2) is 0 Å². The van der Waals surface area contributed by atoms with Crippen LogP contribution < -0.4 is 20.3 Å². The van der Waals surface area contributed by atoms with Crippen LogP contribution in [0.3, 0.4) is 0 Å². The quantitative estimate of drug-likeness (QED) is 0.195. The van der Waals surface area contributed by atoms with Crippen LogP contribution in [0.4, 0.5) is 27.4 Å². The molecule has 2 heterocycles. The van der Waals surface area contributed by atoms with Crippen molar-refractivity contribution in [3.63, 3.8) is 0 Å². The highest BCUT2D eigenvalue weighted by molar-refractivity contribution is 6.40. The van der Waals surface area contributed by atoms with Gasteiger partial charge in [0.25, 0.3) is 5.91 Å². The Bertz CT molecular complexity index is 1790. The third-order valence-corrected chi connectivity index (χ3v) is 7.81. The Morgan fingerprint density at radius 3 is 2.40 bits per heavy atom. The topological polar surface area (TPSA) is 82.6 Å². The minimum Gasteiger partial charge on any atom is -0.438 e. The number of halogens is 3. The normalized spacial score (nSPS) is 13.6. The molecule has 4 aromatic carbocycles. The summed E-state index contributed by atoms with van der Waals surface area (Å²) in [6.07, 6.45) is 1.33. The SMILES string of the molecule is CN1CCN(c2ccc(Nc3ncc(C(=O)Nc4c(Cl)cccc4Cl)c(Oc4ccc5ccccc5c4)n3)cc2F)CC1. The van der Waals surface area contributed by atoms with E-state index in [1.807, 2.05) is 41.3 Å². The van der Waals surface area contributed by atoms with Crippen molar-refractivity contribution >= 4 is 62.9 Å². The van der Waals surface area contributed by atoms with Gasteiger partial charge in [-0.2, -0.15) is 4.98 Å². The predicted molar refractivity (Wildman–Crippen MR) is 170 cm³/mol. The average Bonchev–Trinajstić information content (AvgIpc) is 3.00. The van der Waals surface area contributed by atoms with E-state index in [0.717, 1.165) is 37.0 Å². The van der Waals surface area contributed by atoms with Gasteiger partial charge in [-0.15, -0.1) is 0 Å². The standard InChI is InChI=1S/C32H27Cl2FN6O2/c1-40-13-15-41(16-14-40)28-12-10-22(18-27(28)35)37-32-36-19-24(30(42)38-29-25(33)7-4-8-26(29)34)31(39-32)43-23-11-9-20-5-2-3-6-21(20)17-23/h2-12,17-19H,13-16H2,1H3,(H,38,42)(H,36,37,39). The number of hydrogen-bond acceptors (Lipinski definition) is 7. The molecule has 0 atom stereocenters. The van der Waals surface area contributed by atoms with Crippen LogP contribution in [0.25, 0.3) is 10.8 Å². The molecular weight excluding hydrogens is 590 g/mol. The summed E-state index contributed by atoms with van der Waals surface area (Å²) in [5, 5.41) is 8.30. The molecule has 5 aromatic rings. The maximum atomic E-state index is 15.1. The molecule has 1 amide bonds. The second kappa shape index (κ2) is 12.4. The number of benzene rings is 4. The lowest BCUT2D eigenvalue weighted by molar-refractivity contribution is 0.102. The number of carbonyl (C=O) groups is 1. The van der Waals surface area contributed by atoms with Gasteiger partial charge < -0.3 is 25.2 Å². The van der Waals surface area contributed by atoms with Crippen molar-refractivity contribution in [1.29, 1.82) is 0 Å². The molecule has 8 nitrogen and oxygen atoms in total. The first-order chi connectivity index (χ1) is 20.8. The molecule has 0 saturated carbocycles. The number of para-hydroxylation sites is 1. The minimum atomic E-state index is -0.570. The summed E-state index contributed by atoms with van der Waals surface area (Å²) in [5.41, 5.74) is 1.30. The molecule has 0 spiro atoms. The Morgan fingerprint density at radius 2 is 1.65 bits per heavy atom. The highest BCUT2D eigenvalue weighted by Gasteiger charge is 2.21. The maximum absolute atomic E-state index is 15.1. The predicted octanol–water partition coefficient (Wildman–Crippen LogP) is 7.62. The van der Waals surface area contributed by atoms with Gasteiger partial charge in [-0.1, -0.05) is 59.6 Å². The van der Waals surface area contributed by atoms with E-state index >= 15 is 4.39 Å². The van der Waals surface area contributed by atoms with Crippen LogP contribution in [0.1, 0.15) is 10.4 Å². The van der Waals surface area contributed by atoms with E-state index in [0.29, 0.717) is 17.1 Å². The van der Waals surface area contributed by atoms with Gasteiger partial charge in [0.1, 0.15) is 17.1 Å². The lowest BCUT2D eigenvalue weighted by Crippen LogP contribution is -2.44. The van der Waals surface area contributed by atoms with E-state index in [9.17, 15) is 4.79 Å². The molecule has 6 rings (SSSR count). The van der Waals surface area contributed by atoms with Crippen molar-refractivity contribution in [2.75, 3.05) is 48.8 Å². The summed E-state index contributed by atoms with van der Waals surface area (Å²) in [4.78, 5) is 26.5. The number of hydrogen-bond donors (Lipinski definition) is 2. The molecule has 1 saturated heterocycles. The van der Waals surface area contributed by atoms with Gasteiger partial charge in [-0.25, -0.2) is 9.37 Å². The zero-order valence-electron chi connectivity index (χ0n) is 23.2. The van der Waals surface area contributed by atoms with Crippen molar-refractivity contribution in [3.05, 3.63) is 106 Å². The zero-order valence-corrected chi connectivity index (χ0v) is 24.7. The molecule has 1 fully saturated rings. The van der Waals surface area contributed by atoms with Gasteiger partial charge in [-0.3, -0.25) is 4.79 Å². The number of carbonyl (C=O) groups excluding carboxylic acids is 1. The van der Waals surface area contributed by atoms with Crippen LogP contribution in [-0.4, -0.2) is 54.0 Å². The van der Waals surface area contributed by atoms with Gasteiger partial charge in [0.05, 0.1) is 21.4 Å². The second-order valence-corrected chi connectivity index (χ2v) is 11.0. The van der Waals surface area contributed by atoms with E-state index in [1.165, 1.54) is 12.3 Å². The Hall–Kier alpha value is -4.44. The first kappa shape index (κ1) is 28.7. The Labute approximate surface area is 258 Å².